The SMILES string of the molecule is O=C(c1ccccn1)c1cc(N2CCCC2)ccn1. The normalized spacial score (nSPS) is 14.6. The van der Waals surface area contributed by atoms with Crippen molar-refractivity contribution >= 4 is 11.5 Å². The van der Waals surface area contributed by atoms with Gasteiger partial charge < -0.3 is 4.90 Å². The van der Waals surface area contributed by atoms with Crippen LogP contribution in [0, 0.1) is 0 Å². The maximum atomic E-state index is 12.3. The zero-order chi connectivity index (χ0) is 13.1. The number of hydrogen-bond donors (Lipinski definition) is 0. The van der Waals surface area contributed by atoms with E-state index in [9.17, 15) is 4.79 Å². The molecule has 1 aliphatic heterocycles. The number of carbonyl (C=O) groups excluding carboxylic acids is 1. The third-order valence-electron chi connectivity index (χ3n) is 3.34. The molecule has 4 nitrogen and oxygen atoms in total. The minimum atomic E-state index is -0.123. The molecule has 0 atom stereocenters. The number of anilines is 1. The Hall–Kier alpha value is -2.23. The van der Waals surface area contributed by atoms with Crippen LogP contribution in [0.25, 0.3) is 0 Å². The number of rotatable bonds is 3. The smallest absolute Gasteiger partial charge is 0.229 e. The van der Waals surface area contributed by atoms with Gasteiger partial charge in [0.05, 0.1) is 0 Å². The summed E-state index contributed by atoms with van der Waals surface area (Å²) in [5.74, 6) is -0.123. The molecular weight excluding hydrogens is 238 g/mol. The van der Waals surface area contributed by atoms with Gasteiger partial charge in [0.15, 0.2) is 0 Å². The minimum absolute atomic E-state index is 0.123. The van der Waals surface area contributed by atoms with Crippen molar-refractivity contribution in [3.05, 3.63) is 54.1 Å². The van der Waals surface area contributed by atoms with Crippen molar-refractivity contribution in [1.29, 1.82) is 0 Å². The topological polar surface area (TPSA) is 46.1 Å². The van der Waals surface area contributed by atoms with E-state index in [1.807, 2.05) is 18.2 Å². The summed E-state index contributed by atoms with van der Waals surface area (Å²) in [6, 6.07) is 9.14. The van der Waals surface area contributed by atoms with E-state index in [-0.39, 0.29) is 5.78 Å². The van der Waals surface area contributed by atoms with Gasteiger partial charge in [-0.05, 0) is 37.1 Å². The van der Waals surface area contributed by atoms with Crippen LogP contribution < -0.4 is 4.90 Å². The van der Waals surface area contributed by atoms with E-state index >= 15 is 0 Å². The molecule has 3 heterocycles. The first-order chi connectivity index (χ1) is 9.34. The summed E-state index contributed by atoms with van der Waals surface area (Å²) >= 11 is 0. The minimum Gasteiger partial charge on any atom is -0.371 e. The molecule has 2 aromatic rings. The molecule has 2 aromatic heterocycles. The Labute approximate surface area is 112 Å². The second-order valence-electron chi connectivity index (χ2n) is 4.64. The Morgan fingerprint density at radius 1 is 1.00 bits per heavy atom. The number of pyridine rings is 2. The molecule has 0 aromatic carbocycles. The standard InChI is InChI=1S/C15H15N3O/c19-15(13-5-1-2-7-16-13)14-11-12(6-8-17-14)18-9-3-4-10-18/h1-2,5-8,11H,3-4,9-10H2. The second-order valence-corrected chi connectivity index (χ2v) is 4.64. The molecule has 19 heavy (non-hydrogen) atoms. The fourth-order valence-corrected chi connectivity index (χ4v) is 2.34. The molecule has 0 spiro atoms. The number of carbonyl (C=O) groups is 1. The highest BCUT2D eigenvalue weighted by atomic mass is 16.1. The summed E-state index contributed by atoms with van der Waals surface area (Å²) in [6.45, 7) is 2.11. The van der Waals surface area contributed by atoms with Crippen LogP contribution in [0.15, 0.2) is 42.7 Å². The highest BCUT2D eigenvalue weighted by Gasteiger charge is 2.16. The first-order valence-corrected chi connectivity index (χ1v) is 6.51. The van der Waals surface area contributed by atoms with Crippen molar-refractivity contribution in [1.82, 2.24) is 9.97 Å². The largest absolute Gasteiger partial charge is 0.371 e. The van der Waals surface area contributed by atoms with Crippen LogP contribution in [0.5, 0.6) is 0 Å². The predicted molar refractivity (Wildman–Crippen MR) is 73.4 cm³/mol. The summed E-state index contributed by atoms with van der Waals surface area (Å²) in [5, 5.41) is 0. The van der Waals surface area contributed by atoms with Gasteiger partial charge in [-0.1, -0.05) is 6.07 Å². The molecule has 1 fully saturated rings. The highest BCUT2D eigenvalue weighted by Crippen LogP contribution is 2.20. The van der Waals surface area contributed by atoms with Crippen molar-refractivity contribution in [2.75, 3.05) is 18.0 Å². The molecular formula is C15H15N3O. The van der Waals surface area contributed by atoms with Gasteiger partial charge in [0.1, 0.15) is 11.4 Å². The van der Waals surface area contributed by atoms with Gasteiger partial charge in [-0.15, -0.1) is 0 Å². The lowest BCUT2D eigenvalue weighted by molar-refractivity contribution is 0.103. The summed E-state index contributed by atoms with van der Waals surface area (Å²) in [7, 11) is 0. The van der Waals surface area contributed by atoms with E-state index < -0.39 is 0 Å². The molecule has 3 rings (SSSR count). The zero-order valence-corrected chi connectivity index (χ0v) is 10.6. The fraction of sp³-hybridized carbons (Fsp3) is 0.267. The molecule has 0 amide bonds. The molecule has 1 aliphatic rings. The summed E-state index contributed by atoms with van der Waals surface area (Å²) in [6.07, 6.45) is 5.75. The lowest BCUT2D eigenvalue weighted by atomic mass is 10.1. The number of nitrogens with zero attached hydrogens (tertiary/aromatic N) is 3. The first-order valence-electron chi connectivity index (χ1n) is 6.51. The van der Waals surface area contributed by atoms with Gasteiger partial charge in [-0.25, -0.2) is 0 Å². The molecule has 0 unspecified atom stereocenters. The average molecular weight is 253 g/mol. The van der Waals surface area contributed by atoms with E-state index in [4.69, 9.17) is 0 Å². The number of ketones is 1. The van der Waals surface area contributed by atoms with Crippen LogP contribution in [0.1, 0.15) is 29.0 Å². The van der Waals surface area contributed by atoms with E-state index in [2.05, 4.69) is 14.9 Å². The van der Waals surface area contributed by atoms with Crippen molar-refractivity contribution in [3.63, 3.8) is 0 Å². The molecule has 0 aliphatic carbocycles. The predicted octanol–water partition coefficient (Wildman–Crippen LogP) is 2.31. The van der Waals surface area contributed by atoms with E-state index in [1.54, 1.807) is 24.5 Å². The van der Waals surface area contributed by atoms with E-state index in [0.29, 0.717) is 11.4 Å². The summed E-state index contributed by atoms with van der Waals surface area (Å²) < 4.78 is 0. The van der Waals surface area contributed by atoms with E-state index in [1.165, 1.54) is 12.8 Å². The van der Waals surface area contributed by atoms with E-state index in [0.717, 1.165) is 18.8 Å². The molecule has 0 N–H and O–H groups in total. The van der Waals surface area contributed by atoms with Gasteiger partial charge >= 0.3 is 0 Å². The lowest BCUT2D eigenvalue weighted by Crippen LogP contribution is -2.18. The van der Waals surface area contributed by atoms with Crippen LogP contribution in [-0.2, 0) is 0 Å². The van der Waals surface area contributed by atoms with Crippen LogP contribution in [-0.4, -0.2) is 28.8 Å². The Morgan fingerprint density at radius 3 is 2.53 bits per heavy atom. The average Bonchev–Trinajstić information content (AvgIpc) is 3.02. The van der Waals surface area contributed by atoms with Gasteiger partial charge in [0.2, 0.25) is 5.78 Å². The molecule has 0 saturated carbocycles. The van der Waals surface area contributed by atoms with Crippen molar-refractivity contribution < 1.29 is 4.79 Å². The monoisotopic (exact) mass is 253 g/mol. The number of aromatic nitrogens is 2. The first kappa shape index (κ1) is 11.8. The maximum Gasteiger partial charge on any atom is 0.229 e. The molecule has 1 saturated heterocycles. The molecule has 0 radical (unpaired) electrons. The fourth-order valence-electron chi connectivity index (χ4n) is 2.34. The zero-order valence-electron chi connectivity index (χ0n) is 10.6. The maximum absolute atomic E-state index is 12.3. The lowest BCUT2D eigenvalue weighted by Gasteiger charge is -2.17. The Balaban J connectivity index is 1.89. The number of hydrogen-bond acceptors (Lipinski definition) is 4. The van der Waals surface area contributed by atoms with Crippen LogP contribution in [0.3, 0.4) is 0 Å². The third-order valence-corrected chi connectivity index (χ3v) is 3.34. The Bertz CT molecular complexity index is 577. The summed E-state index contributed by atoms with van der Waals surface area (Å²) in [5.41, 5.74) is 1.98. The van der Waals surface area contributed by atoms with Gasteiger partial charge in [-0.3, -0.25) is 14.8 Å². The molecule has 4 heteroatoms. The Kier molecular flexibility index (Phi) is 3.23. The van der Waals surface area contributed by atoms with Crippen LogP contribution >= 0.6 is 0 Å². The van der Waals surface area contributed by atoms with Gasteiger partial charge in [0.25, 0.3) is 0 Å². The van der Waals surface area contributed by atoms with Crippen molar-refractivity contribution in [2.45, 2.75) is 12.8 Å². The van der Waals surface area contributed by atoms with Crippen molar-refractivity contribution in [3.8, 4) is 0 Å². The summed E-state index contributed by atoms with van der Waals surface area (Å²) in [4.78, 5) is 22.8. The molecule has 96 valence electrons. The van der Waals surface area contributed by atoms with Crippen LogP contribution in [0.4, 0.5) is 5.69 Å². The Morgan fingerprint density at radius 2 is 1.79 bits per heavy atom. The van der Waals surface area contributed by atoms with Crippen molar-refractivity contribution in [2.24, 2.45) is 0 Å². The highest BCUT2D eigenvalue weighted by molar-refractivity contribution is 6.06. The second kappa shape index (κ2) is 5.18. The molecule has 0 bridgehead atoms. The van der Waals surface area contributed by atoms with Crippen LogP contribution in [0.2, 0.25) is 0 Å². The van der Waals surface area contributed by atoms with Gasteiger partial charge in [-0.2, -0.15) is 0 Å². The third kappa shape index (κ3) is 2.47. The van der Waals surface area contributed by atoms with Gasteiger partial charge in [0, 0.05) is 31.2 Å². The quantitative estimate of drug-likeness (QED) is 0.787.